The molecule has 1 aliphatic carbocycles. The van der Waals surface area contributed by atoms with E-state index >= 15 is 0 Å². The Bertz CT molecular complexity index is 558. The van der Waals surface area contributed by atoms with Gasteiger partial charge in [-0.15, -0.1) is 11.3 Å². The van der Waals surface area contributed by atoms with Crippen molar-refractivity contribution in [1.29, 1.82) is 0 Å². The molecule has 1 saturated carbocycles. The first-order chi connectivity index (χ1) is 9.70. The molecule has 0 spiro atoms. The standard InChI is InChI=1S/C12H13F3N2O3S/c1-17(10(18)6-2-3-7(6)11(19)20)4-9-16-8(5-21-9)12(13,14)15/h5-7H,2-4H2,1H3,(H,19,20). The molecule has 1 aliphatic rings. The second-order valence-corrected chi connectivity index (χ2v) is 5.89. The quantitative estimate of drug-likeness (QED) is 0.923. The zero-order valence-electron chi connectivity index (χ0n) is 11.1. The lowest BCUT2D eigenvalue weighted by molar-refractivity contribution is -0.156. The molecule has 2 atom stereocenters. The van der Waals surface area contributed by atoms with Crippen molar-refractivity contribution in [3.8, 4) is 0 Å². The highest BCUT2D eigenvalue weighted by Crippen LogP contribution is 2.36. The average Bonchev–Trinajstić information content (AvgIpc) is 2.74. The molecule has 0 aliphatic heterocycles. The van der Waals surface area contributed by atoms with Gasteiger partial charge in [-0.25, -0.2) is 4.98 Å². The molecule has 9 heteroatoms. The van der Waals surface area contributed by atoms with Crippen LogP contribution in [0.25, 0.3) is 0 Å². The maximum atomic E-state index is 12.4. The molecule has 0 saturated heterocycles. The van der Waals surface area contributed by atoms with Crippen LogP contribution in [0.4, 0.5) is 13.2 Å². The van der Waals surface area contributed by atoms with Gasteiger partial charge in [0.2, 0.25) is 5.91 Å². The van der Waals surface area contributed by atoms with Crippen LogP contribution in [0.1, 0.15) is 23.5 Å². The summed E-state index contributed by atoms with van der Waals surface area (Å²) in [5.74, 6) is -2.66. The van der Waals surface area contributed by atoms with Gasteiger partial charge in [0.15, 0.2) is 5.69 Å². The first-order valence-corrected chi connectivity index (χ1v) is 7.07. The van der Waals surface area contributed by atoms with E-state index < -0.39 is 29.7 Å². The van der Waals surface area contributed by atoms with Gasteiger partial charge < -0.3 is 10.0 Å². The number of carboxylic acids is 1. The van der Waals surface area contributed by atoms with Crippen LogP contribution in [0.5, 0.6) is 0 Å². The lowest BCUT2D eigenvalue weighted by atomic mass is 9.73. The third-order valence-corrected chi connectivity index (χ3v) is 4.33. The van der Waals surface area contributed by atoms with E-state index in [1.54, 1.807) is 0 Å². The van der Waals surface area contributed by atoms with Crippen LogP contribution in [0.3, 0.4) is 0 Å². The first-order valence-electron chi connectivity index (χ1n) is 6.19. The summed E-state index contributed by atoms with van der Waals surface area (Å²) in [7, 11) is 1.44. The lowest BCUT2D eigenvalue weighted by Gasteiger charge is -2.34. The third kappa shape index (κ3) is 3.34. The van der Waals surface area contributed by atoms with Gasteiger partial charge in [0.25, 0.3) is 0 Å². The Morgan fingerprint density at radius 1 is 1.43 bits per heavy atom. The van der Waals surface area contributed by atoms with E-state index in [9.17, 15) is 22.8 Å². The van der Waals surface area contributed by atoms with Crippen LogP contribution >= 0.6 is 11.3 Å². The van der Waals surface area contributed by atoms with Crippen LogP contribution in [0.15, 0.2) is 5.38 Å². The average molecular weight is 322 g/mol. The van der Waals surface area contributed by atoms with Gasteiger partial charge in [-0.05, 0) is 12.8 Å². The zero-order chi connectivity index (χ0) is 15.8. The SMILES string of the molecule is CN(Cc1nc(C(F)(F)F)cs1)C(=O)C1CCC1C(=O)O. The number of hydrogen-bond donors (Lipinski definition) is 1. The Morgan fingerprint density at radius 2 is 2.05 bits per heavy atom. The molecule has 1 N–H and O–H groups in total. The van der Waals surface area contributed by atoms with E-state index in [0.717, 1.165) is 16.7 Å². The summed E-state index contributed by atoms with van der Waals surface area (Å²) in [6.45, 7) is -0.0532. The molecular formula is C12H13F3N2O3S. The van der Waals surface area contributed by atoms with Gasteiger partial charge >= 0.3 is 12.1 Å². The van der Waals surface area contributed by atoms with Crippen molar-refractivity contribution in [2.75, 3.05) is 7.05 Å². The highest BCUT2D eigenvalue weighted by Gasteiger charge is 2.42. The lowest BCUT2D eigenvalue weighted by Crippen LogP contribution is -2.44. The molecule has 1 aromatic heterocycles. The number of thiazole rings is 1. The van der Waals surface area contributed by atoms with E-state index in [4.69, 9.17) is 5.11 Å². The Hall–Kier alpha value is -1.64. The van der Waals surface area contributed by atoms with Crippen molar-refractivity contribution in [3.63, 3.8) is 0 Å². The van der Waals surface area contributed by atoms with E-state index in [1.165, 1.54) is 11.9 Å². The molecule has 21 heavy (non-hydrogen) atoms. The number of amides is 1. The Balaban J connectivity index is 1.98. The number of nitrogens with zero attached hydrogens (tertiary/aromatic N) is 2. The Kier molecular flexibility index (Phi) is 4.22. The zero-order valence-corrected chi connectivity index (χ0v) is 11.9. The molecular weight excluding hydrogens is 309 g/mol. The van der Waals surface area contributed by atoms with Crippen molar-refractivity contribution < 1.29 is 27.9 Å². The highest BCUT2D eigenvalue weighted by atomic mass is 32.1. The molecule has 5 nitrogen and oxygen atoms in total. The van der Waals surface area contributed by atoms with Crippen molar-refractivity contribution >= 4 is 23.2 Å². The van der Waals surface area contributed by atoms with Crippen LogP contribution in [-0.4, -0.2) is 33.9 Å². The number of aliphatic carboxylic acids is 1. The van der Waals surface area contributed by atoms with Crippen molar-refractivity contribution in [3.05, 3.63) is 16.1 Å². The number of aromatic nitrogens is 1. The van der Waals surface area contributed by atoms with Crippen molar-refractivity contribution in [2.45, 2.75) is 25.6 Å². The van der Waals surface area contributed by atoms with Crippen LogP contribution < -0.4 is 0 Å². The maximum Gasteiger partial charge on any atom is 0.434 e. The molecule has 1 heterocycles. The van der Waals surface area contributed by atoms with Gasteiger partial charge in [-0.1, -0.05) is 0 Å². The maximum absolute atomic E-state index is 12.4. The first kappa shape index (κ1) is 15.7. The van der Waals surface area contributed by atoms with Crippen molar-refractivity contribution in [1.82, 2.24) is 9.88 Å². The van der Waals surface area contributed by atoms with Gasteiger partial charge in [-0.3, -0.25) is 9.59 Å². The summed E-state index contributed by atoms with van der Waals surface area (Å²) in [5.41, 5.74) is -0.976. The van der Waals surface area contributed by atoms with Crippen LogP contribution in [0, 0.1) is 11.8 Å². The van der Waals surface area contributed by atoms with E-state index in [2.05, 4.69) is 4.98 Å². The Morgan fingerprint density at radius 3 is 2.48 bits per heavy atom. The fraction of sp³-hybridized carbons (Fsp3) is 0.583. The number of alkyl halides is 3. The highest BCUT2D eigenvalue weighted by molar-refractivity contribution is 7.09. The second kappa shape index (κ2) is 5.63. The number of rotatable bonds is 4. The molecule has 1 amide bonds. The summed E-state index contributed by atoms with van der Waals surface area (Å²) in [6.07, 6.45) is -3.55. The molecule has 1 aromatic rings. The number of hydrogen-bond acceptors (Lipinski definition) is 4. The van der Waals surface area contributed by atoms with Gasteiger partial charge in [-0.2, -0.15) is 13.2 Å². The minimum absolute atomic E-state index is 0.0532. The van der Waals surface area contributed by atoms with Crippen molar-refractivity contribution in [2.24, 2.45) is 11.8 Å². The summed E-state index contributed by atoms with van der Waals surface area (Å²) >= 11 is 0.825. The summed E-state index contributed by atoms with van der Waals surface area (Å²) in [4.78, 5) is 27.6. The molecule has 116 valence electrons. The topological polar surface area (TPSA) is 70.5 Å². The number of carboxylic acid groups (broad SMARTS) is 1. The van der Waals surface area contributed by atoms with Crippen LogP contribution in [0.2, 0.25) is 0 Å². The summed E-state index contributed by atoms with van der Waals surface area (Å²) in [6, 6.07) is 0. The monoisotopic (exact) mass is 322 g/mol. The van der Waals surface area contributed by atoms with E-state index in [0.29, 0.717) is 12.8 Å². The fourth-order valence-corrected chi connectivity index (χ4v) is 3.02. The second-order valence-electron chi connectivity index (χ2n) is 4.95. The predicted octanol–water partition coefficient (Wildman–Crippen LogP) is 2.23. The molecule has 0 bridgehead atoms. The number of carbonyl (C=O) groups is 2. The van der Waals surface area contributed by atoms with Crippen LogP contribution in [-0.2, 0) is 22.3 Å². The smallest absolute Gasteiger partial charge is 0.434 e. The fourth-order valence-electron chi connectivity index (χ4n) is 2.17. The Labute approximate surface area is 122 Å². The van der Waals surface area contributed by atoms with Gasteiger partial charge in [0.1, 0.15) is 5.01 Å². The molecule has 0 radical (unpaired) electrons. The largest absolute Gasteiger partial charge is 0.481 e. The predicted molar refractivity (Wildman–Crippen MR) is 67.4 cm³/mol. The number of halogens is 3. The summed E-state index contributed by atoms with van der Waals surface area (Å²) < 4.78 is 37.3. The minimum atomic E-state index is -4.50. The molecule has 2 unspecified atom stereocenters. The molecule has 0 aromatic carbocycles. The minimum Gasteiger partial charge on any atom is -0.481 e. The molecule has 2 rings (SSSR count). The number of carbonyl (C=O) groups excluding carboxylic acids is 1. The third-order valence-electron chi connectivity index (χ3n) is 3.50. The van der Waals surface area contributed by atoms with E-state index in [-0.39, 0.29) is 17.5 Å². The van der Waals surface area contributed by atoms with Gasteiger partial charge in [0.05, 0.1) is 18.4 Å². The van der Waals surface area contributed by atoms with Gasteiger partial charge in [0, 0.05) is 12.4 Å². The molecule has 1 fully saturated rings. The van der Waals surface area contributed by atoms with E-state index in [1.807, 2.05) is 0 Å². The summed E-state index contributed by atoms with van der Waals surface area (Å²) in [5, 5.41) is 9.98. The normalized spacial score (nSPS) is 21.7.